The number of hydrogen-bond donors (Lipinski definition) is 0. The van der Waals surface area contributed by atoms with Crippen LogP contribution in [0.2, 0.25) is 0 Å². The number of nitrogens with zero attached hydrogens (tertiary/aromatic N) is 1. The molecule has 0 N–H and O–H groups in total. The van der Waals surface area contributed by atoms with Crippen LogP contribution in [0, 0.1) is 5.82 Å². The maximum atomic E-state index is 13.1. The largest absolute Gasteiger partial charge is 0.332 e. The summed E-state index contributed by atoms with van der Waals surface area (Å²) in [6.07, 6.45) is 1.16. The van der Waals surface area contributed by atoms with Gasteiger partial charge in [-0.05, 0) is 49.2 Å². The summed E-state index contributed by atoms with van der Waals surface area (Å²) in [5.41, 5.74) is 1.86. The van der Waals surface area contributed by atoms with E-state index in [-0.39, 0.29) is 23.5 Å². The zero-order valence-corrected chi connectivity index (χ0v) is 15.4. The van der Waals surface area contributed by atoms with Crippen molar-refractivity contribution < 1.29 is 17.6 Å². The van der Waals surface area contributed by atoms with E-state index in [0.717, 1.165) is 11.8 Å². The maximum Gasteiger partial charge on any atom is 0.254 e. The van der Waals surface area contributed by atoms with Crippen LogP contribution in [0.15, 0.2) is 48.5 Å². The molecular weight excluding hydrogens is 341 g/mol. The zero-order chi connectivity index (χ0) is 18.6. The third kappa shape index (κ3) is 5.13. The Morgan fingerprint density at radius 3 is 2.36 bits per heavy atom. The molecule has 0 saturated carbocycles. The summed E-state index contributed by atoms with van der Waals surface area (Å²) in [6, 6.07) is 12.5. The fourth-order valence-corrected chi connectivity index (χ4v) is 3.56. The van der Waals surface area contributed by atoms with Crippen LogP contribution in [0.4, 0.5) is 4.39 Å². The smallest absolute Gasteiger partial charge is 0.254 e. The number of hydrogen-bond acceptors (Lipinski definition) is 3. The van der Waals surface area contributed by atoms with Gasteiger partial charge in [-0.15, -0.1) is 0 Å². The Morgan fingerprint density at radius 2 is 1.80 bits per heavy atom. The standard InChI is InChI=1S/C19H22FNO3S/c1-4-21(14(2)16-8-10-18(20)11-9-16)19(22)17-7-5-6-15(12-17)13-25(3,23)24/h5-12,14H,4,13H2,1-3H3/t14-/m0/s1. The molecule has 0 aromatic heterocycles. The van der Waals surface area contributed by atoms with Gasteiger partial charge in [-0.1, -0.05) is 24.3 Å². The summed E-state index contributed by atoms with van der Waals surface area (Å²) < 4.78 is 36.0. The third-order valence-corrected chi connectivity index (χ3v) is 4.88. The van der Waals surface area contributed by atoms with E-state index >= 15 is 0 Å². The molecule has 2 aromatic carbocycles. The van der Waals surface area contributed by atoms with E-state index in [1.54, 1.807) is 41.3 Å². The van der Waals surface area contributed by atoms with Crippen molar-refractivity contribution in [2.45, 2.75) is 25.6 Å². The Kier molecular flexibility index (Phi) is 5.95. The van der Waals surface area contributed by atoms with E-state index in [9.17, 15) is 17.6 Å². The summed E-state index contributed by atoms with van der Waals surface area (Å²) in [5.74, 6) is -0.609. The molecule has 0 heterocycles. The highest BCUT2D eigenvalue weighted by atomic mass is 32.2. The topological polar surface area (TPSA) is 54.5 Å². The molecule has 134 valence electrons. The lowest BCUT2D eigenvalue weighted by molar-refractivity contribution is 0.0702. The van der Waals surface area contributed by atoms with E-state index in [1.165, 1.54) is 12.1 Å². The molecule has 0 aliphatic carbocycles. The highest BCUT2D eigenvalue weighted by Crippen LogP contribution is 2.23. The lowest BCUT2D eigenvalue weighted by Crippen LogP contribution is -2.33. The van der Waals surface area contributed by atoms with E-state index in [1.807, 2.05) is 13.8 Å². The fourth-order valence-electron chi connectivity index (χ4n) is 2.78. The SMILES string of the molecule is CCN(C(=O)c1cccc(CS(C)(=O)=O)c1)[C@@H](C)c1ccc(F)cc1. The Bertz CT molecular complexity index is 847. The normalized spacial score (nSPS) is 12.6. The molecule has 0 spiro atoms. The fraction of sp³-hybridized carbons (Fsp3) is 0.316. The van der Waals surface area contributed by atoms with Crippen molar-refractivity contribution in [1.82, 2.24) is 4.90 Å². The summed E-state index contributed by atoms with van der Waals surface area (Å²) >= 11 is 0. The van der Waals surface area contributed by atoms with Crippen LogP contribution in [0.5, 0.6) is 0 Å². The molecule has 0 bridgehead atoms. The van der Waals surface area contributed by atoms with Crippen molar-refractivity contribution in [3.8, 4) is 0 Å². The van der Waals surface area contributed by atoms with E-state index in [0.29, 0.717) is 17.7 Å². The first-order valence-corrected chi connectivity index (χ1v) is 10.1. The summed E-state index contributed by atoms with van der Waals surface area (Å²) in [5, 5.41) is 0. The quantitative estimate of drug-likeness (QED) is 0.788. The molecular formula is C19H22FNO3S. The second-order valence-corrected chi connectivity index (χ2v) is 8.23. The van der Waals surface area contributed by atoms with Gasteiger partial charge in [0, 0.05) is 18.4 Å². The molecule has 0 unspecified atom stereocenters. The Balaban J connectivity index is 2.27. The molecule has 1 atom stereocenters. The number of rotatable bonds is 6. The first kappa shape index (κ1) is 19.1. The van der Waals surface area contributed by atoms with Crippen LogP contribution in [-0.4, -0.2) is 32.0 Å². The van der Waals surface area contributed by atoms with E-state index in [2.05, 4.69) is 0 Å². The highest BCUT2D eigenvalue weighted by molar-refractivity contribution is 7.89. The number of sulfone groups is 1. The van der Waals surface area contributed by atoms with Crippen molar-refractivity contribution >= 4 is 15.7 Å². The Morgan fingerprint density at radius 1 is 1.16 bits per heavy atom. The van der Waals surface area contributed by atoms with Crippen molar-refractivity contribution in [1.29, 1.82) is 0 Å². The zero-order valence-electron chi connectivity index (χ0n) is 14.6. The van der Waals surface area contributed by atoms with Gasteiger partial charge in [0.15, 0.2) is 9.84 Å². The van der Waals surface area contributed by atoms with Crippen molar-refractivity contribution in [2.24, 2.45) is 0 Å². The van der Waals surface area contributed by atoms with Gasteiger partial charge in [0.1, 0.15) is 5.82 Å². The molecule has 1 amide bonds. The van der Waals surface area contributed by atoms with Crippen molar-refractivity contribution in [3.63, 3.8) is 0 Å². The Hall–Kier alpha value is -2.21. The first-order valence-electron chi connectivity index (χ1n) is 8.04. The van der Waals surface area contributed by atoms with Gasteiger partial charge in [0.25, 0.3) is 5.91 Å². The molecule has 0 radical (unpaired) electrons. The number of benzene rings is 2. The first-order chi connectivity index (χ1) is 11.7. The second kappa shape index (κ2) is 7.78. The van der Waals surface area contributed by atoms with E-state index in [4.69, 9.17) is 0 Å². The number of halogens is 1. The monoisotopic (exact) mass is 363 g/mol. The lowest BCUT2D eigenvalue weighted by Gasteiger charge is -2.28. The van der Waals surface area contributed by atoms with Gasteiger partial charge in [-0.3, -0.25) is 4.79 Å². The van der Waals surface area contributed by atoms with Crippen LogP contribution >= 0.6 is 0 Å². The van der Waals surface area contributed by atoms with Gasteiger partial charge in [-0.2, -0.15) is 0 Å². The minimum Gasteiger partial charge on any atom is -0.332 e. The Labute approximate surface area is 148 Å². The number of carbonyl (C=O) groups is 1. The average molecular weight is 363 g/mol. The van der Waals surface area contributed by atoms with Crippen molar-refractivity contribution in [2.75, 3.05) is 12.8 Å². The minimum atomic E-state index is -3.17. The maximum absolute atomic E-state index is 13.1. The molecule has 0 fully saturated rings. The molecule has 2 aromatic rings. The van der Waals surface area contributed by atoms with Crippen LogP contribution in [0.1, 0.15) is 41.4 Å². The predicted molar refractivity (Wildman–Crippen MR) is 96.5 cm³/mol. The van der Waals surface area contributed by atoms with Crippen LogP contribution in [-0.2, 0) is 15.6 Å². The molecule has 6 heteroatoms. The minimum absolute atomic E-state index is 0.103. The van der Waals surface area contributed by atoms with Gasteiger partial charge >= 0.3 is 0 Å². The predicted octanol–water partition coefficient (Wildman–Crippen LogP) is 3.59. The van der Waals surface area contributed by atoms with E-state index < -0.39 is 9.84 Å². The van der Waals surface area contributed by atoms with Crippen LogP contribution in [0.25, 0.3) is 0 Å². The number of amides is 1. The highest BCUT2D eigenvalue weighted by Gasteiger charge is 2.21. The van der Waals surface area contributed by atoms with Gasteiger partial charge in [0.2, 0.25) is 0 Å². The van der Waals surface area contributed by atoms with Gasteiger partial charge < -0.3 is 4.90 Å². The summed E-state index contributed by atoms with van der Waals surface area (Å²) in [4.78, 5) is 14.6. The van der Waals surface area contributed by atoms with Crippen LogP contribution in [0.3, 0.4) is 0 Å². The molecule has 2 rings (SSSR count). The lowest BCUT2D eigenvalue weighted by atomic mass is 10.0. The molecule has 0 aliphatic rings. The molecule has 0 saturated heterocycles. The van der Waals surface area contributed by atoms with Crippen molar-refractivity contribution in [3.05, 3.63) is 71.0 Å². The summed E-state index contributed by atoms with van der Waals surface area (Å²) in [6.45, 7) is 4.24. The molecule has 25 heavy (non-hydrogen) atoms. The van der Waals surface area contributed by atoms with Gasteiger partial charge in [-0.25, -0.2) is 12.8 Å². The second-order valence-electron chi connectivity index (χ2n) is 6.09. The number of carbonyl (C=O) groups excluding carboxylic acids is 1. The third-order valence-electron chi connectivity index (χ3n) is 4.02. The van der Waals surface area contributed by atoms with Crippen LogP contribution < -0.4 is 0 Å². The molecule has 4 nitrogen and oxygen atoms in total. The molecule has 0 aliphatic heterocycles. The van der Waals surface area contributed by atoms with Gasteiger partial charge in [0.05, 0.1) is 11.8 Å². The summed E-state index contributed by atoms with van der Waals surface area (Å²) in [7, 11) is -3.17. The average Bonchev–Trinajstić information content (AvgIpc) is 2.54.